The van der Waals surface area contributed by atoms with E-state index in [9.17, 15) is 18.0 Å². The summed E-state index contributed by atoms with van der Waals surface area (Å²) in [5.74, 6) is 2.07. The van der Waals surface area contributed by atoms with Crippen molar-refractivity contribution in [2.75, 3.05) is 0 Å². The summed E-state index contributed by atoms with van der Waals surface area (Å²) in [6.45, 7) is 0. The van der Waals surface area contributed by atoms with E-state index in [2.05, 4.69) is 5.92 Å². The standard InChI is InChI=1S/C17H11F3O/c1-2-12-5-3-6-13(9-12)10-16(21)14-7-4-8-15(11-14)17(18,19)20/h1,3-9,11H,10H2. The highest BCUT2D eigenvalue weighted by molar-refractivity contribution is 5.97. The zero-order chi connectivity index (χ0) is 15.5. The van der Waals surface area contributed by atoms with Crippen LogP contribution in [0.25, 0.3) is 0 Å². The molecule has 21 heavy (non-hydrogen) atoms. The van der Waals surface area contributed by atoms with Crippen molar-refractivity contribution in [3.63, 3.8) is 0 Å². The van der Waals surface area contributed by atoms with Gasteiger partial charge >= 0.3 is 6.18 Å². The van der Waals surface area contributed by atoms with Gasteiger partial charge in [-0.2, -0.15) is 13.2 Å². The second-order valence-corrected chi connectivity index (χ2v) is 4.52. The van der Waals surface area contributed by atoms with Crippen molar-refractivity contribution in [1.82, 2.24) is 0 Å². The van der Waals surface area contributed by atoms with Gasteiger partial charge in [0.15, 0.2) is 5.78 Å². The van der Waals surface area contributed by atoms with Crippen LogP contribution >= 0.6 is 0 Å². The minimum Gasteiger partial charge on any atom is -0.294 e. The Labute approximate surface area is 120 Å². The van der Waals surface area contributed by atoms with Gasteiger partial charge in [0.05, 0.1) is 5.56 Å². The molecule has 0 radical (unpaired) electrons. The maximum Gasteiger partial charge on any atom is 0.416 e. The van der Waals surface area contributed by atoms with Crippen LogP contribution in [-0.2, 0) is 12.6 Å². The molecule has 0 unspecified atom stereocenters. The molecule has 0 aliphatic rings. The number of benzene rings is 2. The molecular formula is C17H11F3O. The van der Waals surface area contributed by atoms with Crippen molar-refractivity contribution in [3.8, 4) is 12.3 Å². The van der Waals surface area contributed by atoms with Gasteiger partial charge in [-0.1, -0.05) is 30.2 Å². The zero-order valence-corrected chi connectivity index (χ0v) is 10.9. The molecule has 0 aliphatic carbocycles. The average Bonchev–Trinajstić information content (AvgIpc) is 2.46. The smallest absolute Gasteiger partial charge is 0.294 e. The second-order valence-electron chi connectivity index (χ2n) is 4.52. The Morgan fingerprint density at radius 3 is 2.48 bits per heavy atom. The molecule has 0 N–H and O–H groups in total. The Morgan fingerprint density at radius 1 is 1.10 bits per heavy atom. The monoisotopic (exact) mass is 288 g/mol. The predicted molar refractivity (Wildman–Crippen MR) is 73.9 cm³/mol. The van der Waals surface area contributed by atoms with Crippen LogP contribution in [-0.4, -0.2) is 5.78 Å². The molecule has 2 aromatic rings. The van der Waals surface area contributed by atoms with Crippen LogP contribution in [0.1, 0.15) is 27.0 Å². The normalized spacial score (nSPS) is 11.0. The Hall–Kier alpha value is -2.54. The van der Waals surface area contributed by atoms with Crippen molar-refractivity contribution in [2.24, 2.45) is 0 Å². The Balaban J connectivity index is 2.23. The van der Waals surface area contributed by atoms with Crippen LogP contribution < -0.4 is 0 Å². The molecule has 2 rings (SSSR count). The molecule has 2 aromatic carbocycles. The molecule has 0 aromatic heterocycles. The fourth-order valence-electron chi connectivity index (χ4n) is 1.93. The highest BCUT2D eigenvalue weighted by Crippen LogP contribution is 2.29. The number of rotatable bonds is 3. The maximum absolute atomic E-state index is 12.6. The first-order chi connectivity index (χ1) is 9.90. The number of carbonyl (C=O) groups excluding carboxylic acids is 1. The van der Waals surface area contributed by atoms with Crippen molar-refractivity contribution in [1.29, 1.82) is 0 Å². The molecule has 0 saturated heterocycles. The summed E-state index contributed by atoms with van der Waals surface area (Å²) in [5, 5.41) is 0. The third-order valence-corrected chi connectivity index (χ3v) is 2.97. The van der Waals surface area contributed by atoms with E-state index in [4.69, 9.17) is 6.42 Å². The number of hydrogen-bond donors (Lipinski definition) is 0. The lowest BCUT2D eigenvalue weighted by molar-refractivity contribution is -0.137. The molecule has 4 heteroatoms. The zero-order valence-electron chi connectivity index (χ0n) is 10.9. The van der Waals surface area contributed by atoms with Gasteiger partial charge in [-0.3, -0.25) is 4.79 Å². The second kappa shape index (κ2) is 5.84. The summed E-state index contributed by atoms with van der Waals surface area (Å²) >= 11 is 0. The van der Waals surface area contributed by atoms with E-state index in [-0.39, 0.29) is 17.8 Å². The van der Waals surface area contributed by atoms with Crippen LogP contribution in [0.15, 0.2) is 48.5 Å². The summed E-state index contributed by atoms with van der Waals surface area (Å²) in [6, 6.07) is 11.2. The van der Waals surface area contributed by atoms with E-state index in [0.29, 0.717) is 11.1 Å². The molecule has 0 aliphatic heterocycles. The van der Waals surface area contributed by atoms with E-state index >= 15 is 0 Å². The number of ketones is 1. The van der Waals surface area contributed by atoms with Crippen molar-refractivity contribution in [3.05, 3.63) is 70.8 Å². The topological polar surface area (TPSA) is 17.1 Å². The first kappa shape index (κ1) is 14.9. The van der Waals surface area contributed by atoms with Gasteiger partial charge in [0.1, 0.15) is 0 Å². The SMILES string of the molecule is C#Cc1cccc(CC(=O)c2cccc(C(F)(F)F)c2)c1. The Bertz CT molecular complexity index is 708. The van der Waals surface area contributed by atoms with Crippen LogP contribution in [0.3, 0.4) is 0 Å². The van der Waals surface area contributed by atoms with Gasteiger partial charge in [-0.05, 0) is 29.8 Å². The molecular weight excluding hydrogens is 277 g/mol. The molecule has 0 amide bonds. The van der Waals surface area contributed by atoms with E-state index in [1.54, 1.807) is 24.3 Å². The average molecular weight is 288 g/mol. The summed E-state index contributed by atoms with van der Waals surface area (Å²) in [6.07, 6.45) is 0.821. The Morgan fingerprint density at radius 2 is 1.81 bits per heavy atom. The summed E-state index contributed by atoms with van der Waals surface area (Å²) < 4.78 is 37.9. The van der Waals surface area contributed by atoms with Crippen molar-refractivity contribution in [2.45, 2.75) is 12.6 Å². The number of hydrogen-bond acceptors (Lipinski definition) is 1. The number of halogens is 3. The fourth-order valence-corrected chi connectivity index (χ4v) is 1.93. The Kier molecular flexibility index (Phi) is 4.13. The lowest BCUT2D eigenvalue weighted by atomic mass is 10.00. The highest BCUT2D eigenvalue weighted by atomic mass is 19.4. The van der Waals surface area contributed by atoms with E-state index in [1.165, 1.54) is 12.1 Å². The summed E-state index contributed by atoms with van der Waals surface area (Å²) in [5.41, 5.74) is 0.513. The molecule has 0 spiro atoms. The highest BCUT2D eigenvalue weighted by Gasteiger charge is 2.30. The number of carbonyl (C=O) groups is 1. The predicted octanol–water partition coefficient (Wildman–Crippen LogP) is 4.11. The van der Waals surface area contributed by atoms with Crippen LogP contribution in [0.2, 0.25) is 0 Å². The largest absolute Gasteiger partial charge is 0.416 e. The number of terminal acetylenes is 1. The van der Waals surface area contributed by atoms with E-state index in [0.717, 1.165) is 12.1 Å². The van der Waals surface area contributed by atoms with Gasteiger partial charge in [-0.25, -0.2) is 0 Å². The molecule has 0 atom stereocenters. The van der Waals surface area contributed by atoms with Crippen LogP contribution in [0.5, 0.6) is 0 Å². The lowest BCUT2D eigenvalue weighted by Gasteiger charge is -2.08. The van der Waals surface area contributed by atoms with Gasteiger partial charge in [0, 0.05) is 17.5 Å². The maximum atomic E-state index is 12.6. The molecule has 1 nitrogen and oxygen atoms in total. The molecule has 0 saturated carbocycles. The van der Waals surface area contributed by atoms with Crippen LogP contribution in [0.4, 0.5) is 13.2 Å². The van der Waals surface area contributed by atoms with E-state index < -0.39 is 11.7 Å². The molecule has 106 valence electrons. The van der Waals surface area contributed by atoms with Crippen molar-refractivity contribution < 1.29 is 18.0 Å². The lowest BCUT2D eigenvalue weighted by Crippen LogP contribution is -2.09. The van der Waals surface area contributed by atoms with Gasteiger partial charge in [-0.15, -0.1) is 6.42 Å². The first-order valence-corrected chi connectivity index (χ1v) is 6.16. The third kappa shape index (κ3) is 3.73. The minimum atomic E-state index is -4.46. The molecule has 0 fully saturated rings. The molecule has 0 bridgehead atoms. The molecule has 0 heterocycles. The van der Waals surface area contributed by atoms with Crippen molar-refractivity contribution >= 4 is 5.78 Å². The summed E-state index contributed by atoms with van der Waals surface area (Å²) in [7, 11) is 0. The van der Waals surface area contributed by atoms with Gasteiger partial charge in [0.25, 0.3) is 0 Å². The number of Topliss-reactive ketones (excluding diaryl/α,β-unsaturated/α-hetero) is 1. The number of alkyl halides is 3. The fraction of sp³-hybridized carbons (Fsp3) is 0.118. The summed E-state index contributed by atoms with van der Waals surface area (Å²) in [4.78, 5) is 12.1. The van der Waals surface area contributed by atoms with Gasteiger partial charge < -0.3 is 0 Å². The first-order valence-electron chi connectivity index (χ1n) is 6.16. The van der Waals surface area contributed by atoms with E-state index in [1.807, 2.05) is 0 Å². The third-order valence-electron chi connectivity index (χ3n) is 2.97. The quantitative estimate of drug-likeness (QED) is 0.613. The minimum absolute atomic E-state index is 0.0107. The van der Waals surface area contributed by atoms with Crippen LogP contribution in [0, 0.1) is 12.3 Å². The van der Waals surface area contributed by atoms with Gasteiger partial charge in [0.2, 0.25) is 0 Å².